The molecule has 2 N–H and O–H groups in total. The van der Waals surface area contributed by atoms with Crippen LogP contribution in [-0.2, 0) is 9.84 Å². The van der Waals surface area contributed by atoms with Crippen molar-refractivity contribution in [3.05, 3.63) is 11.4 Å². The largest absolute Gasteiger partial charge is 0.366 e. The summed E-state index contributed by atoms with van der Waals surface area (Å²) in [7, 11) is -3.02. The second-order valence-corrected chi connectivity index (χ2v) is 7.78. The van der Waals surface area contributed by atoms with Gasteiger partial charge >= 0.3 is 0 Å². The van der Waals surface area contributed by atoms with Gasteiger partial charge in [0.25, 0.3) is 0 Å². The second kappa shape index (κ2) is 5.92. The summed E-state index contributed by atoms with van der Waals surface area (Å²) in [4.78, 5) is 9.70. The first kappa shape index (κ1) is 15.0. The van der Waals surface area contributed by atoms with Crippen LogP contribution < -0.4 is 10.6 Å². The maximum Gasteiger partial charge on any atom is 0.226 e. The Morgan fingerprint density at radius 2 is 2.15 bits per heavy atom. The first-order chi connectivity index (χ1) is 9.39. The van der Waals surface area contributed by atoms with E-state index >= 15 is 0 Å². The molecule has 2 rings (SSSR count). The predicted molar refractivity (Wildman–Crippen MR) is 84.4 cm³/mol. The lowest BCUT2D eigenvalue weighted by atomic mass is 10.3. The van der Waals surface area contributed by atoms with Gasteiger partial charge in [0.15, 0.2) is 0 Å². The van der Waals surface area contributed by atoms with E-state index in [0.29, 0.717) is 11.8 Å². The lowest BCUT2D eigenvalue weighted by Crippen LogP contribution is -2.25. The van der Waals surface area contributed by atoms with Gasteiger partial charge in [-0.25, -0.2) is 13.4 Å². The molecule has 110 valence electrons. The van der Waals surface area contributed by atoms with E-state index in [1.165, 1.54) is 17.6 Å². The first-order valence-corrected chi connectivity index (χ1v) is 9.26. The number of aromatic nitrogens is 2. The topological polar surface area (TPSA) is 84.0 Å². The molecule has 6 nitrogen and oxygen atoms in total. The van der Waals surface area contributed by atoms with E-state index in [4.69, 9.17) is 0 Å². The third kappa shape index (κ3) is 3.80. The van der Waals surface area contributed by atoms with Crippen molar-refractivity contribution >= 4 is 43.2 Å². The Labute approximate surface area is 122 Å². The normalized spacial score (nSPS) is 13.3. The van der Waals surface area contributed by atoms with E-state index in [2.05, 4.69) is 20.6 Å². The van der Waals surface area contributed by atoms with Crippen molar-refractivity contribution in [1.29, 1.82) is 0 Å². The molecule has 20 heavy (non-hydrogen) atoms. The van der Waals surface area contributed by atoms with Crippen molar-refractivity contribution < 1.29 is 8.42 Å². The fourth-order valence-electron chi connectivity index (χ4n) is 1.93. The van der Waals surface area contributed by atoms with Crippen molar-refractivity contribution in [3.8, 4) is 0 Å². The Kier molecular flexibility index (Phi) is 4.44. The summed E-state index contributed by atoms with van der Waals surface area (Å²) in [6.07, 6.45) is 1.23. The quantitative estimate of drug-likeness (QED) is 0.848. The van der Waals surface area contributed by atoms with Crippen molar-refractivity contribution in [1.82, 2.24) is 9.97 Å². The number of nitrogens with zero attached hydrogens (tertiary/aromatic N) is 2. The zero-order chi connectivity index (χ0) is 14.8. The highest BCUT2D eigenvalue weighted by molar-refractivity contribution is 7.90. The maximum absolute atomic E-state index is 11.3. The van der Waals surface area contributed by atoms with Crippen LogP contribution in [0.25, 0.3) is 10.2 Å². The number of rotatable bonds is 6. The van der Waals surface area contributed by atoms with E-state index in [0.717, 1.165) is 16.8 Å². The van der Waals surface area contributed by atoms with Gasteiger partial charge in [-0.15, -0.1) is 11.3 Å². The third-order valence-corrected chi connectivity index (χ3v) is 4.51. The van der Waals surface area contributed by atoms with Crippen molar-refractivity contribution in [2.75, 3.05) is 29.2 Å². The van der Waals surface area contributed by atoms with Crippen LogP contribution in [0.1, 0.15) is 13.8 Å². The minimum Gasteiger partial charge on any atom is -0.366 e. The molecule has 1 atom stereocenters. The molecule has 0 saturated carbocycles. The molecule has 0 radical (unpaired) electrons. The van der Waals surface area contributed by atoms with Crippen molar-refractivity contribution in [3.63, 3.8) is 0 Å². The lowest BCUT2D eigenvalue weighted by Gasteiger charge is -2.15. The molecule has 2 aromatic rings. The lowest BCUT2D eigenvalue weighted by molar-refractivity contribution is 0.598. The average molecular weight is 314 g/mol. The van der Waals surface area contributed by atoms with Crippen molar-refractivity contribution in [2.45, 2.75) is 19.9 Å². The first-order valence-electron chi connectivity index (χ1n) is 6.32. The highest BCUT2D eigenvalue weighted by Crippen LogP contribution is 2.26. The minimum atomic E-state index is -3.02. The second-order valence-electron chi connectivity index (χ2n) is 4.70. The number of anilines is 2. The highest BCUT2D eigenvalue weighted by Gasteiger charge is 2.14. The van der Waals surface area contributed by atoms with Crippen LogP contribution in [0, 0.1) is 0 Å². The van der Waals surface area contributed by atoms with Crippen LogP contribution in [0.3, 0.4) is 0 Å². The van der Waals surface area contributed by atoms with Gasteiger partial charge in [0, 0.05) is 18.8 Å². The summed E-state index contributed by atoms with van der Waals surface area (Å²) in [6.45, 7) is 4.53. The molecular weight excluding hydrogens is 296 g/mol. The molecule has 0 aliphatic heterocycles. The molecule has 0 spiro atoms. The van der Waals surface area contributed by atoms with Crippen LogP contribution >= 0.6 is 11.3 Å². The molecule has 0 aromatic carbocycles. The fourth-order valence-corrected chi connectivity index (χ4v) is 3.69. The standard InChI is InChI=1S/C12H18N4O2S2/c1-4-13-12-15-10(9-5-6-19-11(9)16-12)14-8(2)7-20(3,17)18/h5-6,8H,4,7H2,1-3H3,(H2,13,14,15,16). The molecule has 2 heterocycles. The van der Waals surface area contributed by atoms with Crippen LogP contribution in [0.4, 0.5) is 11.8 Å². The summed E-state index contributed by atoms with van der Waals surface area (Å²) >= 11 is 1.53. The molecule has 2 aromatic heterocycles. The van der Waals surface area contributed by atoms with E-state index in [-0.39, 0.29) is 11.8 Å². The Bertz CT molecular complexity index is 697. The number of hydrogen-bond acceptors (Lipinski definition) is 7. The monoisotopic (exact) mass is 314 g/mol. The zero-order valence-corrected chi connectivity index (χ0v) is 13.3. The predicted octanol–water partition coefficient (Wildman–Crippen LogP) is 1.97. The number of hydrogen-bond donors (Lipinski definition) is 2. The van der Waals surface area contributed by atoms with Gasteiger partial charge in [-0.1, -0.05) is 0 Å². The molecule has 0 saturated heterocycles. The summed E-state index contributed by atoms with van der Waals surface area (Å²) in [5.41, 5.74) is 0. The van der Waals surface area contributed by atoms with E-state index in [9.17, 15) is 8.42 Å². The molecule has 0 aliphatic rings. The Morgan fingerprint density at radius 3 is 2.80 bits per heavy atom. The zero-order valence-electron chi connectivity index (χ0n) is 11.7. The molecule has 0 amide bonds. The molecule has 0 aliphatic carbocycles. The fraction of sp³-hybridized carbons (Fsp3) is 0.500. The minimum absolute atomic E-state index is 0.0686. The molecule has 1 unspecified atom stereocenters. The average Bonchev–Trinajstić information content (AvgIpc) is 2.74. The SMILES string of the molecule is CCNc1nc(NC(C)CS(C)(=O)=O)c2ccsc2n1. The van der Waals surface area contributed by atoms with Crippen LogP contribution in [0.15, 0.2) is 11.4 Å². The Hall–Kier alpha value is -1.41. The van der Waals surface area contributed by atoms with Crippen molar-refractivity contribution in [2.24, 2.45) is 0 Å². The maximum atomic E-state index is 11.3. The molecular formula is C12H18N4O2S2. The van der Waals surface area contributed by atoms with E-state index < -0.39 is 9.84 Å². The molecule has 8 heteroatoms. The van der Waals surface area contributed by atoms with E-state index in [1.54, 1.807) is 0 Å². The Morgan fingerprint density at radius 1 is 1.40 bits per heavy atom. The van der Waals surface area contributed by atoms with Gasteiger partial charge in [0.2, 0.25) is 5.95 Å². The van der Waals surface area contributed by atoms with Gasteiger partial charge in [0.05, 0.1) is 11.1 Å². The number of nitrogens with one attached hydrogen (secondary N) is 2. The van der Waals surface area contributed by atoms with E-state index in [1.807, 2.05) is 25.3 Å². The van der Waals surface area contributed by atoms with Gasteiger partial charge in [-0.05, 0) is 25.3 Å². The Balaban J connectivity index is 2.29. The van der Waals surface area contributed by atoms with Gasteiger partial charge < -0.3 is 10.6 Å². The molecule has 0 fully saturated rings. The summed E-state index contributed by atoms with van der Waals surface area (Å²) in [5.74, 6) is 1.29. The highest BCUT2D eigenvalue weighted by atomic mass is 32.2. The molecule has 0 bridgehead atoms. The third-order valence-electron chi connectivity index (χ3n) is 2.60. The summed E-state index contributed by atoms with van der Waals surface area (Å²) in [6, 6.07) is 1.73. The summed E-state index contributed by atoms with van der Waals surface area (Å²) < 4.78 is 22.7. The van der Waals surface area contributed by atoms with Crippen LogP contribution in [0.5, 0.6) is 0 Å². The smallest absolute Gasteiger partial charge is 0.226 e. The number of fused-ring (bicyclic) bond motifs is 1. The van der Waals surface area contributed by atoms with Gasteiger partial charge in [-0.2, -0.15) is 4.98 Å². The number of sulfone groups is 1. The van der Waals surface area contributed by atoms with Crippen LogP contribution in [-0.4, -0.2) is 43.0 Å². The van der Waals surface area contributed by atoms with Crippen LogP contribution in [0.2, 0.25) is 0 Å². The van der Waals surface area contributed by atoms with Gasteiger partial charge in [-0.3, -0.25) is 0 Å². The summed E-state index contributed by atoms with van der Waals surface area (Å²) in [5, 5.41) is 9.10. The number of thiophene rings is 1. The van der Waals surface area contributed by atoms with Gasteiger partial charge in [0.1, 0.15) is 20.5 Å².